The van der Waals surface area contributed by atoms with E-state index in [4.69, 9.17) is 9.47 Å². The number of piperidine rings is 3. The Morgan fingerprint density at radius 3 is 2.32 bits per heavy atom. The van der Waals surface area contributed by atoms with Gasteiger partial charge < -0.3 is 24.2 Å². The number of ether oxygens (including phenoxy) is 2. The Balaban J connectivity index is 0.653. The fourth-order valence-corrected chi connectivity index (χ4v) is 12.4. The summed E-state index contributed by atoms with van der Waals surface area (Å²) < 4.78 is 71.9. The van der Waals surface area contributed by atoms with Gasteiger partial charge in [-0.25, -0.2) is 13.8 Å². The van der Waals surface area contributed by atoms with Crippen molar-refractivity contribution in [3.05, 3.63) is 118 Å². The molecule has 1 saturated carbocycles. The van der Waals surface area contributed by atoms with E-state index < -0.39 is 51.0 Å². The molecule has 0 spiro atoms. The molecule has 1 aromatic heterocycles. The molecule has 4 saturated heterocycles. The van der Waals surface area contributed by atoms with Crippen LogP contribution in [-0.2, 0) is 31.1 Å². The van der Waals surface area contributed by atoms with E-state index in [1.807, 2.05) is 30.3 Å². The number of imide groups is 1. The zero-order valence-corrected chi connectivity index (χ0v) is 40.2. The number of halogens is 2. The Bertz CT molecular complexity index is 3180. The van der Waals surface area contributed by atoms with Gasteiger partial charge in [0.2, 0.25) is 11.8 Å². The number of fused-ring (bicyclic) bond motifs is 2. The minimum absolute atomic E-state index is 0.0240. The lowest BCUT2D eigenvalue weighted by atomic mass is 9.83. The van der Waals surface area contributed by atoms with E-state index in [1.165, 1.54) is 34.7 Å². The van der Waals surface area contributed by atoms with E-state index in [1.54, 1.807) is 4.90 Å². The Morgan fingerprint density at radius 1 is 0.833 bits per heavy atom. The predicted molar refractivity (Wildman–Crippen MR) is 261 cm³/mol. The van der Waals surface area contributed by atoms with Crippen molar-refractivity contribution in [2.45, 2.75) is 101 Å². The van der Waals surface area contributed by atoms with E-state index in [0.717, 1.165) is 92.4 Å². The zero-order chi connectivity index (χ0) is 49.8. The van der Waals surface area contributed by atoms with Crippen LogP contribution < -0.4 is 25.2 Å². The number of rotatable bonds is 12. The molecule has 5 fully saturated rings. The molecular formula is C52H53F2N9O8S. The molecule has 72 heavy (non-hydrogen) atoms. The lowest BCUT2D eigenvalue weighted by Crippen LogP contribution is -2.52. The first kappa shape index (κ1) is 47.5. The predicted octanol–water partition coefficient (Wildman–Crippen LogP) is 6.05. The molecule has 1 aliphatic carbocycles. The molecule has 4 aromatic carbocycles. The molecule has 6 aliphatic rings. The van der Waals surface area contributed by atoms with E-state index in [0.29, 0.717) is 41.7 Å². The van der Waals surface area contributed by atoms with Gasteiger partial charge in [0, 0.05) is 56.4 Å². The summed E-state index contributed by atoms with van der Waals surface area (Å²) in [4.78, 5) is 62.2. The van der Waals surface area contributed by atoms with Crippen molar-refractivity contribution in [3.63, 3.8) is 0 Å². The molecule has 6 heterocycles. The molecule has 374 valence electrons. The number of alkyl halides is 1. The molecule has 20 heteroatoms. The monoisotopic (exact) mass is 1000 g/mol. The Hall–Kier alpha value is -6.79. The lowest BCUT2D eigenvalue weighted by Gasteiger charge is -2.47. The number of nitrogens with one attached hydrogen (secondary N) is 2. The molecule has 2 N–H and O–H groups in total. The Labute approximate surface area is 414 Å². The van der Waals surface area contributed by atoms with E-state index >= 15 is 4.39 Å². The van der Waals surface area contributed by atoms with Crippen molar-refractivity contribution in [1.82, 2.24) is 29.0 Å². The quantitative estimate of drug-likeness (QED) is 0.138. The van der Waals surface area contributed by atoms with Crippen LogP contribution in [0.5, 0.6) is 11.5 Å². The molecule has 3 amide bonds. The van der Waals surface area contributed by atoms with Gasteiger partial charge in [0.1, 0.15) is 35.9 Å². The van der Waals surface area contributed by atoms with Crippen LogP contribution in [0.25, 0.3) is 16.6 Å². The molecule has 0 bridgehead atoms. The summed E-state index contributed by atoms with van der Waals surface area (Å²) in [6.07, 6.45) is 7.19. The van der Waals surface area contributed by atoms with Crippen molar-refractivity contribution in [2.24, 2.45) is 0 Å². The third-order valence-electron chi connectivity index (χ3n) is 15.3. The standard InChI is InChI=1S/C52H53F2N9O8S/c53-34-15-22-61(29-34)72(68,69)58-46-10-8-44(54)49(43(46)27-55)71-39-6-9-45-42(26-39)52(67)63(30-56-45)35-3-1-31(2-4-35)32-13-18-60(19-14-32)37-24-40(25-37)70-38-16-20-59(21-17-38)36-5-7-41-33(23-36)28-62(51(41)66)47-11-12-48(64)57-50(47)65/h1-10,23,26,30,32,34,37-38,40,47,58H,11-22,24-25,28-29H2,(H,57,64,65)/t34-,37?,40?,47-/m1/s1. The second-order valence-corrected chi connectivity index (χ2v) is 21.3. The molecule has 17 nitrogen and oxygen atoms in total. The minimum Gasteiger partial charge on any atom is -0.453 e. The fraction of sp³-hybridized carbons (Fsp3) is 0.423. The summed E-state index contributed by atoms with van der Waals surface area (Å²) in [6, 6.07) is 22.0. The van der Waals surface area contributed by atoms with Crippen LogP contribution >= 0.6 is 0 Å². The first-order valence-electron chi connectivity index (χ1n) is 24.6. The zero-order valence-electron chi connectivity index (χ0n) is 39.3. The van der Waals surface area contributed by atoms with E-state index in [-0.39, 0.29) is 66.8 Å². The summed E-state index contributed by atoms with van der Waals surface area (Å²) in [5, 5.41) is 12.5. The van der Waals surface area contributed by atoms with Gasteiger partial charge in [-0.2, -0.15) is 18.0 Å². The summed E-state index contributed by atoms with van der Waals surface area (Å²) in [6.45, 7) is 3.71. The van der Waals surface area contributed by atoms with Gasteiger partial charge in [0.05, 0.1) is 34.5 Å². The Kier molecular flexibility index (Phi) is 12.8. The highest BCUT2D eigenvalue weighted by molar-refractivity contribution is 7.90. The van der Waals surface area contributed by atoms with Gasteiger partial charge >= 0.3 is 10.2 Å². The second kappa shape index (κ2) is 19.3. The third kappa shape index (κ3) is 9.30. The first-order valence-corrected chi connectivity index (χ1v) is 26.1. The number of anilines is 2. The van der Waals surface area contributed by atoms with Crippen LogP contribution in [0.15, 0.2) is 83.9 Å². The van der Waals surface area contributed by atoms with Crippen LogP contribution in [0, 0.1) is 17.1 Å². The van der Waals surface area contributed by atoms with Crippen LogP contribution in [0.3, 0.4) is 0 Å². The molecular weight excluding hydrogens is 949 g/mol. The second-order valence-electron chi connectivity index (χ2n) is 19.7. The number of hydrogen-bond donors (Lipinski definition) is 2. The number of benzene rings is 4. The maximum absolute atomic E-state index is 15.2. The number of amides is 3. The number of carbonyl (C=O) groups is 3. The number of likely N-dealkylation sites (tertiary alicyclic amines) is 1. The number of nitriles is 1. The fourth-order valence-electron chi connectivity index (χ4n) is 11.2. The van der Waals surface area contributed by atoms with Crippen LogP contribution in [-0.4, -0.2) is 120 Å². The summed E-state index contributed by atoms with van der Waals surface area (Å²) >= 11 is 0. The minimum atomic E-state index is -4.24. The summed E-state index contributed by atoms with van der Waals surface area (Å²) in [7, 11) is -4.24. The molecule has 11 rings (SSSR count). The van der Waals surface area contributed by atoms with Gasteiger partial charge in [0.15, 0.2) is 11.6 Å². The van der Waals surface area contributed by atoms with Crippen molar-refractivity contribution in [3.8, 4) is 23.3 Å². The first-order chi connectivity index (χ1) is 34.8. The number of hydrogen-bond acceptors (Lipinski definition) is 12. The van der Waals surface area contributed by atoms with Crippen molar-refractivity contribution in [2.75, 3.05) is 48.9 Å². The topological polar surface area (TPSA) is 200 Å². The van der Waals surface area contributed by atoms with Crippen molar-refractivity contribution >= 4 is 50.2 Å². The summed E-state index contributed by atoms with van der Waals surface area (Å²) in [5.41, 5.74) is 3.73. The number of nitrogens with zero attached hydrogens (tertiary/aromatic N) is 7. The molecule has 2 atom stereocenters. The van der Waals surface area contributed by atoms with Gasteiger partial charge in [0.25, 0.3) is 11.5 Å². The molecule has 0 radical (unpaired) electrons. The number of carbonyl (C=O) groups excluding carboxylic acids is 3. The average Bonchev–Trinajstić information content (AvgIpc) is 3.96. The Morgan fingerprint density at radius 2 is 1.60 bits per heavy atom. The van der Waals surface area contributed by atoms with E-state index in [9.17, 15) is 37.2 Å². The lowest BCUT2D eigenvalue weighted by molar-refractivity contribution is -0.136. The van der Waals surface area contributed by atoms with Gasteiger partial charge in [-0.05, 0) is 142 Å². The third-order valence-corrected chi connectivity index (χ3v) is 16.8. The summed E-state index contributed by atoms with van der Waals surface area (Å²) in [5.74, 6) is -1.93. The SMILES string of the molecule is N#Cc1c(NS(=O)(=O)N2CC[C@@H](F)C2)ccc(F)c1Oc1ccc2ncn(-c3ccc(C4CCN(C5CC(OC6CCN(c7ccc8c(c7)CN([C@@H]7CCC(=O)NC7=O)C8=O)CC6)C5)CC4)cc3)c(=O)c2c1. The van der Waals surface area contributed by atoms with Crippen molar-refractivity contribution < 1.29 is 41.1 Å². The maximum Gasteiger partial charge on any atom is 0.301 e. The average molecular weight is 1000 g/mol. The highest BCUT2D eigenvalue weighted by atomic mass is 32.2. The van der Waals surface area contributed by atoms with E-state index in [2.05, 4.69) is 43.0 Å². The van der Waals surface area contributed by atoms with Crippen LogP contribution in [0.2, 0.25) is 0 Å². The number of aromatic nitrogens is 2. The van der Waals surface area contributed by atoms with Gasteiger partial charge in [-0.3, -0.25) is 33.8 Å². The van der Waals surface area contributed by atoms with Crippen LogP contribution in [0.4, 0.5) is 20.2 Å². The van der Waals surface area contributed by atoms with Gasteiger partial charge in [-0.15, -0.1) is 0 Å². The molecule has 0 unspecified atom stereocenters. The normalized spacial score (nSPS) is 23.5. The highest BCUT2D eigenvalue weighted by Gasteiger charge is 2.41. The van der Waals surface area contributed by atoms with Crippen LogP contribution in [0.1, 0.15) is 90.8 Å². The molecule has 5 aliphatic heterocycles. The molecule has 5 aromatic rings. The van der Waals surface area contributed by atoms with Gasteiger partial charge in [-0.1, -0.05) is 12.1 Å². The largest absolute Gasteiger partial charge is 0.453 e. The van der Waals surface area contributed by atoms with Crippen molar-refractivity contribution in [1.29, 1.82) is 5.26 Å². The maximum atomic E-state index is 15.2. The highest BCUT2D eigenvalue weighted by Crippen LogP contribution is 2.38. The smallest absolute Gasteiger partial charge is 0.301 e.